The fraction of sp³-hybridized carbons (Fsp3) is 0.250. The molecule has 1 aromatic carbocycles. The number of nitrogens with zero attached hydrogens (tertiary/aromatic N) is 2. The molecule has 0 saturated heterocycles. The van der Waals surface area contributed by atoms with Gasteiger partial charge in [-0.05, 0) is 18.6 Å². The van der Waals surface area contributed by atoms with Crippen LogP contribution >= 0.6 is 0 Å². The quantitative estimate of drug-likeness (QED) is 0.515. The van der Waals surface area contributed by atoms with E-state index in [1.165, 1.54) is 16.5 Å². The number of fused-ring (bicyclic) bond motifs is 3. The number of aryl methyl sites for hydroxylation is 2. The van der Waals surface area contributed by atoms with Gasteiger partial charge in [-0.25, -0.2) is 0 Å². The van der Waals surface area contributed by atoms with Crippen LogP contribution in [0.15, 0.2) is 29.4 Å². The molecule has 0 fully saturated rings. The van der Waals surface area contributed by atoms with Crippen LogP contribution in [-0.4, -0.2) is 15.5 Å². The molecule has 1 aliphatic rings. The number of hydrogen-bond donors (Lipinski definition) is 1. The van der Waals surface area contributed by atoms with E-state index >= 15 is 0 Å². The second-order valence-electron chi connectivity index (χ2n) is 3.94. The highest BCUT2D eigenvalue weighted by Crippen LogP contribution is 2.30. The highest BCUT2D eigenvalue weighted by Gasteiger charge is 2.23. The van der Waals surface area contributed by atoms with Crippen LogP contribution in [0.4, 0.5) is 0 Å². The first-order chi connectivity index (χ1) is 7.33. The lowest BCUT2D eigenvalue weighted by atomic mass is 10.1. The van der Waals surface area contributed by atoms with E-state index in [1.54, 1.807) is 0 Å². The van der Waals surface area contributed by atoms with Crippen LogP contribution in [0.2, 0.25) is 0 Å². The van der Waals surface area contributed by atoms with Crippen LogP contribution in [0.25, 0.3) is 10.9 Å². The van der Waals surface area contributed by atoms with Crippen molar-refractivity contribution in [2.24, 2.45) is 5.16 Å². The van der Waals surface area contributed by atoms with Gasteiger partial charge < -0.3 is 9.77 Å². The number of oxime groups is 1. The highest BCUT2D eigenvalue weighted by atomic mass is 16.4. The van der Waals surface area contributed by atoms with Gasteiger partial charge in [-0.3, -0.25) is 0 Å². The first kappa shape index (κ1) is 8.53. The lowest BCUT2D eigenvalue weighted by molar-refractivity contribution is 0.318. The van der Waals surface area contributed by atoms with Crippen LogP contribution in [-0.2, 0) is 6.54 Å². The van der Waals surface area contributed by atoms with E-state index in [-0.39, 0.29) is 0 Å². The summed E-state index contributed by atoms with van der Waals surface area (Å²) in [7, 11) is 0. The van der Waals surface area contributed by atoms with Crippen molar-refractivity contribution in [3.05, 3.63) is 35.5 Å². The Morgan fingerprint density at radius 3 is 2.93 bits per heavy atom. The van der Waals surface area contributed by atoms with E-state index in [0.29, 0.717) is 0 Å². The van der Waals surface area contributed by atoms with Crippen LogP contribution in [0.1, 0.15) is 17.7 Å². The molecule has 2 aromatic rings. The summed E-state index contributed by atoms with van der Waals surface area (Å²) >= 11 is 0. The molecule has 0 saturated carbocycles. The summed E-state index contributed by atoms with van der Waals surface area (Å²) < 4.78 is 2.24. The molecule has 1 aromatic heterocycles. The SMILES string of the molecule is Cc1c2n(c3ccccc13)CCC2=NO. The minimum absolute atomic E-state index is 0.809. The van der Waals surface area contributed by atoms with Gasteiger partial charge in [0.05, 0.1) is 5.69 Å². The highest BCUT2D eigenvalue weighted by molar-refractivity contribution is 6.07. The Hall–Kier alpha value is -1.77. The Morgan fingerprint density at radius 1 is 1.33 bits per heavy atom. The van der Waals surface area contributed by atoms with E-state index in [1.807, 2.05) is 12.1 Å². The smallest absolute Gasteiger partial charge is 0.105 e. The summed E-state index contributed by atoms with van der Waals surface area (Å²) in [5, 5.41) is 13.6. The molecule has 1 aliphatic heterocycles. The van der Waals surface area contributed by atoms with Gasteiger partial charge in [0, 0.05) is 23.9 Å². The van der Waals surface area contributed by atoms with Gasteiger partial charge in [0.15, 0.2) is 0 Å². The standard InChI is InChI=1S/C12H12N2O/c1-8-9-4-2-3-5-11(9)14-7-6-10(13-15)12(8)14/h2-5,15H,6-7H2,1H3. The van der Waals surface area contributed by atoms with Crippen LogP contribution < -0.4 is 0 Å². The third-order valence-corrected chi connectivity index (χ3v) is 3.19. The zero-order valence-electron chi connectivity index (χ0n) is 8.57. The molecule has 0 radical (unpaired) electrons. The molecule has 3 rings (SSSR count). The molecule has 0 atom stereocenters. The third kappa shape index (κ3) is 0.975. The predicted molar refractivity (Wildman–Crippen MR) is 59.6 cm³/mol. The third-order valence-electron chi connectivity index (χ3n) is 3.19. The largest absolute Gasteiger partial charge is 0.411 e. The van der Waals surface area contributed by atoms with E-state index < -0.39 is 0 Å². The molecule has 0 bridgehead atoms. The molecule has 15 heavy (non-hydrogen) atoms. The first-order valence-electron chi connectivity index (χ1n) is 5.12. The molecule has 3 heteroatoms. The minimum Gasteiger partial charge on any atom is -0.411 e. The summed E-state index contributed by atoms with van der Waals surface area (Å²) in [6, 6.07) is 8.32. The van der Waals surface area contributed by atoms with Gasteiger partial charge in [-0.1, -0.05) is 23.4 Å². The van der Waals surface area contributed by atoms with Gasteiger partial charge >= 0.3 is 0 Å². The van der Waals surface area contributed by atoms with Crippen LogP contribution in [0, 0.1) is 6.92 Å². The van der Waals surface area contributed by atoms with Crippen molar-refractivity contribution in [3.8, 4) is 0 Å². The monoisotopic (exact) mass is 200 g/mol. The first-order valence-corrected chi connectivity index (χ1v) is 5.12. The van der Waals surface area contributed by atoms with E-state index in [4.69, 9.17) is 5.21 Å². The minimum atomic E-state index is 0.809. The number of para-hydroxylation sites is 1. The zero-order valence-corrected chi connectivity index (χ0v) is 8.57. The average molecular weight is 200 g/mol. The van der Waals surface area contributed by atoms with E-state index in [9.17, 15) is 0 Å². The molecular formula is C12H12N2O. The molecule has 0 unspecified atom stereocenters. The van der Waals surface area contributed by atoms with Crippen molar-refractivity contribution in [1.29, 1.82) is 0 Å². The lowest BCUT2D eigenvalue weighted by Crippen LogP contribution is -1.96. The second kappa shape index (κ2) is 2.86. The van der Waals surface area contributed by atoms with Crippen molar-refractivity contribution in [3.63, 3.8) is 0 Å². The molecule has 0 spiro atoms. The Morgan fingerprint density at radius 2 is 2.13 bits per heavy atom. The fourth-order valence-electron chi connectivity index (χ4n) is 2.51. The number of rotatable bonds is 0. The van der Waals surface area contributed by atoms with E-state index in [0.717, 1.165) is 24.4 Å². The van der Waals surface area contributed by atoms with Crippen molar-refractivity contribution in [1.82, 2.24) is 4.57 Å². The summed E-state index contributed by atoms with van der Waals surface area (Å²) in [5.41, 5.74) is 4.36. The number of benzene rings is 1. The second-order valence-corrected chi connectivity index (χ2v) is 3.94. The lowest BCUT2D eigenvalue weighted by Gasteiger charge is -1.97. The van der Waals surface area contributed by atoms with Crippen molar-refractivity contribution in [2.75, 3.05) is 0 Å². The Kier molecular flexibility index (Phi) is 1.63. The summed E-state index contributed by atoms with van der Waals surface area (Å²) in [5.74, 6) is 0. The molecule has 76 valence electrons. The molecule has 0 amide bonds. The maximum atomic E-state index is 8.94. The zero-order chi connectivity index (χ0) is 10.4. The maximum Gasteiger partial charge on any atom is 0.105 e. The molecular weight excluding hydrogens is 188 g/mol. The number of aromatic nitrogens is 1. The summed E-state index contributed by atoms with van der Waals surface area (Å²) in [6.07, 6.45) is 0.831. The summed E-state index contributed by atoms with van der Waals surface area (Å²) in [4.78, 5) is 0. The topological polar surface area (TPSA) is 37.5 Å². The van der Waals surface area contributed by atoms with Crippen LogP contribution in [0.3, 0.4) is 0 Å². The van der Waals surface area contributed by atoms with E-state index in [2.05, 4.69) is 28.8 Å². The van der Waals surface area contributed by atoms with Gasteiger partial charge in [-0.2, -0.15) is 0 Å². The normalized spacial score (nSPS) is 17.5. The van der Waals surface area contributed by atoms with Crippen molar-refractivity contribution < 1.29 is 5.21 Å². The maximum absolute atomic E-state index is 8.94. The predicted octanol–water partition coefficient (Wildman–Crippen LogP) is 2.53. The van der Waals surface area contributed by atoms with Crippen molar-refractivity contribution >= 4 is 16.6 Å². The van der Waals surface area contributed by atoms with Gasteiger partial charge in [-0.15, -0.1) is 0 Å². The summed E-state index contributed by atoms with van der Waals surface area (Å²) in [6.45, 7) is 3.01. The van der Waals surface area contributed by atoms with Crippen LogP contribution in [0.5, 0.6) is 0 Å². The number of hydrogen-bond acceptors (Lipinski definition) is 2. The van der Waals surface area contributed by atoms with Gasteiger partial charge in [0.2, 0.25) is 0 Å². The fourth-order valence-corrected chi connectivity index (χ4v) is 2.51. The average Bonchev–Trinajstić information content (AvgIpc) is 2.81. The molecule has 1 N–H and O–H groups in total. The molecule has 3 nitrogen and oxygen atoms in total. The Labute approximate surface area is 87.6 Å². The molecule has 2 heterocycles. The van der Waals surface area contributed by atoms with Crippen molar-refractivity contribution in [2.45, 2.75) is 19.9 Å². The molecule has 0 aliphatic carbocycles. The van der Waals surface area contributed by atoms with Gasteiger partial charge in [0.1, 0.15) is 5.71 Å². The Bertz CT molecular complexity index is 566. The Balaban J connectivity index is 2.45. The van der Waals surface area contributed by atoms with Gasteiger partial charge in [0.25, 0.3) is 0 Å².